The van der Waals surface area contributed by atoms with Crippen LogP contribution < -0.4 is 20.1 Å². The Morgan fingerprint density at radius 3 is 2.56 bits per heavy atom. The number of alkyl halides is 3. The average Bonchev–Trinajstić information content (AvgIpc) is 3.04. The lowest BCUT2D eigenvalue weighted by Crippen LogP contribution is -2.28. The molecule has 0 bridgehead atoms. The average molecular weight is 475 g/mol. The summed E-state index contributed by atoms with van der Waals surface area (Å²) in [4.78, 5) is 28.8. The number of Topliss-reactive ketones (excluding diaryl/α,β-unsaturated/α-hetero) is 1. The standard InChI is InChI=1S/C23H20F3N3O5/c1-22(2)19-13(12-32-22)10-15(30)11-18(19)33-20-17(4-3-9-27-20)29-21(31)28-14-5-7-16(8-6-14)34-23(24,25)26/h3-9,12H,10-11H2,1-2H3,(H2,28,29,31). The molecule has 1 aromatic heterocycles. The van der Waals surface area contributed by atoms with Crippen molar-refractivity contribution in [1.82, 2.24) is 4.98 Å². The maximum atomic E-state index is 12.5. The predicted octanol–water partition coefficient (Wildman–Crippen LogP) is 5.31. The Morgan fingerprint density at radius 1 is 1.12 bits per heavy atom. The monoisotopic (exact) mass is 475 g/mol. The minimum atomic E-state index is -4.81. The molecule has 2 N–H and O–H groups in total. The van der Waals surface area contributed by atoms with Gasteiger partial charge in [0.25, 0.3) is 0 Å². The van der Waals surface area contributed by atoms with Crippen LogP contribution in [0.25, 0.3) is 0 Å². The van der Waals surface area contributed by atoms with Crippen molar-refractivity contribution in [3.63, 3.8) is 0 Å². The number of anilines is 2. The zero-order chi connectivity index (χ0) is 24.5. The fourth-order valence-electron chi connectivity index (χ4n) is 3.71. The molecule has 2 aliphatic rings. The topological polar surface area (TPSA) is 98.8 Å². The van der Waals surface area contributed by atoms with Gasteiger partial charge in [0.05, 0.1) is 12.7 Å². The van der Waals surface area contributed by atoms with Crippen LogP contribution in [0.15, 0.2) is 65.8 Å². The number of nitrogens with zero attached hydrogens (tertiary/aromatic N) is 1. The van der Waals surface area contributed by atoms with Gasteiger partial charge in [-0.05, 0) is 50.2 Å². The second kappa shape index (κ2) is 8.73. The molecule has 178 valence electrons. The van der Waals surface area contributed by atoms with Crippen molar-refractivity contribution in [2.75, 3.05) is 10.6 Å². The van der Waals surface area contributed by atoms with Crippen molar-refractivity contribution in [3.05, 3.63) is 65.8 Å². The van der Waals surface area contributed by atoms with Crippen molar-refractivity contribution in [2.45, 2.75) is 38.7 Å². The highest BCUT2D eigenvalue weighted by Gasteiger charge is 2.40. The van der Waals surface area contributed by atoms with E-state index in [-0.39, 0.29) is 35.9 Å². The van der Waals surface area contributed by atoms with Crippen LogP contribution in [0, 0.1) is 0 Å². The summed E-state index contributed by atoms with van der Waals surface area (Å²) in [7, 11) is 0. The Hall–Kier alpha value is -4.02. The Kier molecular flexibility index (Phi) is 5.94. The van der Waals surface area contributed by atoms with Crippen LogP contribution in [-0.2, 0) is 9.53 Å². The lowest BCUT2D eigenvalue weighted by atomic mass is 9.84. The van der Waals surface area contributed by atoms with Gasteiger partial charge < -0.3 is 24.8 Å². The maximum Gasteiger partial charge on any atom is 0.573 e. The molecule has 2 heterocycles. The van der Waals surface area contributed by atoms with E-state index in [4.69, 9.17) is 9.47 Å². The third kappa shape index (κ3) is 5.30. The molecule has 2 amide bonds. The number of rotatable bonds is 5. The van der Waals surface area contributed by atoms with Gasteiger partial charge in [0.15, 0.2) is 0 Å². The van der Waals surface area contributed by atoms with Gasteiger partial charge in [-0.15, -0.1) is 13.2 Å². The molecule has 1 aromatic carbocycles. The third-order valence-corrected chi connectivity index (χ3v) is 5.03. The minimum absolute atomic E-state index is 0.0348. The number of nitrogens with one attached hydrogen (secondary N) is 2. The lowest BCUT2D eigenvalue weighted by Gasteiger charge is -2.27. The van der Waals surface area contributed by atoms with Gasteiger partial charge in [-0.2, -0.15) is 0 Å². The van der Waals surface area contributed by atoms with Gasteiger partial charge in [0.1, 0.15) is 28.6 Å². The molecule has 0 saturated carbocycles. The molecule has 11 heteroatoms. The third-order valence-electron chi connectivity index (χ3n) is 5.03. The van der Waals surface area contributed by atoms with Gasteiger partial charge in [0.2, 0.25) is 5.88 Å². The summed E-state index contributed by atoms with van der Waals surface area (Å²) in [6.45, 7) is 3.72. The Labute approximate surface area is 192 Å². The largest absolute Gasteiger partial charge is 0.573 e. The first-order valence-corrected chi connectivity index (χ1v) is 10.2. The Bertz CT molecular complexity index is 1190. The van der Waals surface area contributed by atoms with Crippen LogP contribution in [0.1, 0.15) is 26.7 Å². The number of urea groups is 1. The van der Waals surface area contributed by atoms with Gasteiger partial charge in [-0.3, -0.25) is 4.79 Å². The summed E-state index contributed by atoms with van der Waals surface area (Å²) in [5.41, 5.74) is 1.31. The van der Waals surface area contributed by atoms with Crippen molar-refractivity contribution >= 4 is 23.2 Å². The number of hydrogen-bond donors (Lipinski definition) is 2. The molecule has 1 aliphatic carbocycles. The SMILES string of the molecule is CC1(C)OC=C2CC(=O)CC(Oc3ncccc3NC(=O)Nc3ccc(OC(F)(F)F)cc3)=C21. The molecule has 0 spiro atoms. The van der Waals surface area contributed by atoms with Crippen LogP contribution in [0.5, 0.6) is 11.6 Å². The van der Waals surface area contributed by atoms with Crippen molar-refractivity contribution < 1.29 is 37.0 Å². The zero-order valence-corrected chi connectivity index (χ0v) is 18.2. The molecular weight excluding hydrogens is 455 g/mol. The maximum absolute atomic E-state index is 12.5. The van der Waals surface area contributed by atoms with E-state index in [0.29, 0.717) is 5.76 Å². The quantitative estimate of drug-likeness (QED) is 0.608. The van der Waals surface area contributed by atoms with E-state index in [1.54, 1.807) is 18.4 Å². The van der Waals surface area contributed by atoms with Crippen molar-refractivity contribution in [2.24, 2.45) is 0 Å². The van der Waals surface area contributed by atoms with Gasteiger partial charge in [-0.25, -0.2) is 9.78 Å². The molecule has 0 saturated heterocycles. The molecule has 4 rings (SSSR count). The number of ketones is 1. The highest BCUT2D eigenvalue weighted by molar-refractivity contribution is 6.00. The molecule has 0 atom stereocenters. The summed E-state index contributed by atoms with van der Waals surface area (Å²) >= 11 is 0. The summed E-state index contributed by atoms with van der Waals surface area (Å²) < 4.78 is 52.3. The number of halogens is 3. The van der Waals surface area contributed by atoms with E-state index in [1.165, 1.54) is 18.3 Å². The normalized spacial score (nSPS) is 16.9. The number of ether oxygens (including phenoxy) is 3. The Morgan fingerprint density at radius 2 is 1.85 bits per heavy atom. The molecule has 0 unspecified atom stereocenters. The molecule has 8 nitrogen and oxygen atoms in total. The fourth-order valence-corrected chi connectivity index (χ4v) is 3.71. The molecule has 1 aliphatic heterocycles. The summed E-state index contributed by atoms with van der Waals surface area (Å²) in [6, 6.07) is 7.15. The first kappa shape index (κ1) is 23.1. The van der Waals surface area contributed by atoms with Crippen LogP contribution in [0.2, 0.25) is 0 Å². The highest BCUT2D eigenvalue weighted by Crippen LogP contribution is 2.43. The van der Waals surface area contributed by atoms with E-state index in [9.17, 15) is 22.8 Å². The second-order valence-corrected chi connectivity index (χ2v) is 8.07. The molecule has 0 radical (unpaired) electrons. The van der Waals surface area contributed by atoms with Gasteiger partial charge in [0, 0.05) is 29.5 Å². The lowest BCUT2D eigenvalue weighted by molar-refractivity contribution is -0.274. The van der Waals surface area contributed by atoms with Crippen molar-refractivity contribution in [1.29, 1.82) is 0 Å². The summed E-state index contributed by atoms with van der Waals surface area (Å²) in [6.07, 6.45) is -1.45. The second-order valence-electron chi connectivity index (χ2n) is 8.07. The molecule has 2 aromatic rings. The minimum Gasteiger partial charge on any atom is -0.490 e. The van der Waals surface area contributed by atoms with Crippen LogP contribution in [0.3, 0.4) is 0 Å². The number of carbonyl (C=O) groups is 2. The zero-order valence-electron chi connectivity index (χ0n) is 18.2. The van der Waals surface area contributed by atoms with Crippen molar-refractivity contribution in [3.8, 4) is 11.6 Å². The number of pyridine rings is 1. The number of amides is 2. The first-order valence-electron chi connectivity index (χ1n) is 10.2. The molecular formula is C23H20F3N3O5. The fraction of sp³-hybridized carbons (Fsp3) is 0.261. The summed E-state index contributed by atoms with van der Waals surface area (Å²) in [5.74, 6) is 0.0239. The van der Waals surface area contributed by atoms with Crippen LogP contribution in [-0.4, -0.2) is 28.8 Å². The highest BCUT2D eigenvalue weighted by atomic mass is 19.4. The number of allylic oxidation sites excluding steroid dienone is 1. The first-order chi connectivity index (χ1) is 16.0. The number of hydrogen-bond acceptors (Lipinski definition) is 6. The van der Waals surface area contributed by atoms with E-state index in [1.807, 2.05) is 13.8 Å². The van der Waals surface area contributed by atoms with E-state index in [0.717, 1.165) is 23.3 Å². The smallest absolute Gasteiger partial charge is 0.490 e. The Balaban J connectivity index is 1.48. The number of benzene rings is 1. The number of carbonyl (C=O) groups excluding carboxylic acids is 2. The number of fused-ring (bicyclic) bond motifs is 1. The van der Waals surface area contributed by atoms with Gasteiger partial charge >= 0.3 is 12.4 Å². The number of aromatic nitrogens is 1. The molecule has 0 fully saturated rings. The van der Waals surface area contributed by atoms with Gasteiger partial charge in [-0.1, -0.05) is 0 Å². The van der Waals surface area contributed by atoms with Crippen LogP contribution >= 0.6 is 0 Å². The molecule has 34 heavy (non-hydrogen) atoms. The summed E-state index contributed by atoms with van der Waals surface area (Å²) in [5, 5.41) is 5.09. The van der Waals surface area contributed by atoms with Crippen LogP contribution in [0.4, 0.5) is 29.3 Å². The van der Waals surface area contributed by atoms with E-state index in [2.05, 4.69) is 20.4 Å². The predicted molar refractivity (Wildman–Crippen MR) is 115 cm³/mol. The van der Waals surface area contributed by atoms with E-state index < -0.39 is 23.7 Å². The van der Waals surface area contributed by atoms with E-state index >= 15 is 0 Å².